The van der Waals surface area contributed by atoms with Crippen LogP contribution in [0.2, 0.25) is 0 Å². The first-order valence-corrected chi connectivity index (χ1v) is 6.53. The smallest absolute Gasteiger partial charge is 0.225 e. The Morgan fingerprint density at radius 1 is 1.61 bits per heavy atom. The van der Waals surface area contributed by atoms with Crippen molar-refractivity contribution in [3.8, 4) is 0 Å². The summed E-state index contributed by atoms with van der Waals surface area (Å²) in [5.41, 5.74) is 5.39. The summed E-state index contributed by atoms with van der Waals surface area (Å²) in [6.07, 6.45) is 1.15. The zero-order valence-corrected chi connectivity index (χ0v) is 11.8. The van der Waals surface area contributed by atoms with E-state index in [0.29, 0.717) is 25.4 Å². The minimum atomic E-state index is -0.380. The Hall–Kier alpha value is -1.10. The Bertz CT molecular complexity index is 330. The van der Waals surface area contributed by atoms with Crippen LogP contribution in [0.1, 0.15) is 33.6 Å². The number of amides is 2. The van der Waals surface area contributed by atoms with Crippen molar-refractivity contribution in [2.24, 2.45) is 17.6 Å². The summed E-state index contributed by atoms with van der Waals surface area (Å²) < 4.78 is 0. The molecule has 0 aromatic carbocycles. The van der Waals surface area contributed by atoms with Crippen LogP contribution in [0.25, 0.3) is 0 Å². The number of nitrogens with two attached hydrogens (primary N) is 1. The quantitative estimate of drug-likeness (QED) is 0.744. The summed E-state index contributed by atoms with van der Waals surface area (Å²) in [5, 5.41) is 3.01. The summed E-state index contributed by atoms with van der Waals surface area (Å²) in [7, 11) is 1.73. The van der Waals surface area contributed by atoms with Crippen molar-refractivity contribution in [3.05, 3.63) is 0 Å². The first-order valence-electron chi connectivity index (χ1n) is 6.53. The van der Waals surface area contributed by atoms with Crippen molar-refractivity contribution >= 4 is 11.8 Å². The number of likely N-dealkylation sites (tertiary alicyclic amines) is 1. The second kappa shape index (κ2) is 5.69. The molecule has 2 atom stereocenters. The maximum atomic E-state index is 12.1. The molecular weight excluding hydrogens is 230 g/mol. The van der Waals surface area contributed by atoms with Gasteiger partial charge in [-0.25, -0.2) is 0 Å². The number of nitrogens with zero attached hydrogens (tertiary/aromatic N) is 1. The molecule has 1 heterocycles. The number of nitrogens with one attached hydrogen (secondary N) is 1. The first kappa shape index (κ1) is 15.0. The highest BCUT2D eigenvalue weighted by Gasteiger charge is 2.35. The molecule has 18 heavy (non-hydrogen) atoms. The first-order chi connectivity index (χ1) is 8.27. The summed E-state index contributed by atoms with van der Waals surface area (Å²) in [4.78, 5) is 25.2. The van der Waals surface area contributed by atoms with E-state index in [2.05, 4.69) is 19.2 Å². The molecule has 1 rings (SSSR count). The topological polar surface area (TPSA) is 75.4 Å². The fourth-order valence-corrected chi connectivity index (χ4v) is 2.53. The third-order valence-electron chi connectivity index (χ3n) is 3.45. The van der Waals surface area contributed by atoms with Gasteiger partial charge in [0.15, 0.2) is 0 Å². The molecule has 5 heteroatoms. The van der Waals surface area contributed by atoms with Crippen molar-refractivity contribution in [1.29, 1.82) is 0 Å². The van der Waals surface area contributed by atoms with E-state index in [9.17, 15) is 9.59 Å². The molecule has 104 valence electrons. The van der Waals surface area contributed by atoms with Gasteiger partial charge in [0.25, 0.3) is 0 Å². The lowest BCUT2D eigenvalue weighted by Gasteiger charge is -2.32. The molecule has 0 aliphatic carbocycles. The summed E-state index contributed by atoms with van der Waals surface area (Å²) in [5.74, 6) is 0.210. The average Bonchev–Trinajstić information content (AvgIpc) is 2.58. The molecule has 0 radical (unpaired) electrons. The third-order valence-corrected chi connectivity index (χ3v) is 3.45. The molecule has 0 bridgehead atoms. The zero-order valence-electron chi connectivity index (χ0n) is 11.8. The number of hydrogen-bond donors (Lipinski definition) is 2. The van der Waals surface area contributed by atoms with Gasteiger partial charge in [0, 0.05) is 32.1 Å². The van der Waals surface area contributed by atoms with Crippen molar-refractivity contribution in [3.63, 3.8) is 0 Å². The third kappa shape index (κ3) is 3.70. The molecular formula is C13H25N3O2. The zero-order chi connectivity index (χ0) is 13.9. The van der Waals surface area contributed by atoms with Gasteiger partial charge in [-0.2, -0.15) is 0 Å². The lowest BCUT2D eigenvalue weighted by molar-refractivity contribution is -0.129. The molecule has 0 spiro atoms. The lowest BCUT2D eigenvalue weighted by Crippen LogP contribution is -2.54. The molecule has 3 N–H and O–H groups in total. The fraction of sp³-hybridized carbons (Fsp3) is 0.846. The standard InChI is InChI=1S/C13H25N3O2/c1-9(2)6-13(3,8-14)15-12(18)10-5-11(17)16(4)7-10/h9-10H,5-8,14H2,1-4H3,(H,15,18). The maximum absolute atomic E-state index is 12.1. The average molecular weight is 255 g/mol. The van der Waals surface area contributed by atoms with Gasteiger partial charge in [0.1, 0.15) is 0 Å². The van der Waals surface area contributed by atoms with E-state index in [1.54, 1.807) is 11.9 Å². The minimum absolute atomic E-state index is 0.0356. The van der Waals surface area contributed by atoms with Crippen LogP contribution < -0.4 is 11.1 Å². The number of hydrogen-bond acceptors (Lipinski definition) is 3. The van der Waals surface area contributed by atoms with Crippen LogP contribution in [0.3, 0.4) is 0 Å². The van der Waals surface area contributed by atoms with E-state index in [1.807, 2.05) is 6.92 Å². The maximum Gasteiger partial charge on any atom is 0.225 e. The Balaban J connectivity index is 2.60. The minimum Gasteiger partial charge on any atom is -0.349 e. The second-order valence-electron chi connectivity index (χ2n) is 6.03. The highest BCUT2D eigenvalue weighted by atomic mass is 16.2. The van der Waals surface area contributed by atoms with Crippen molar-refractivity contribution in [1.82, 2.24) is 10.2 Å². The largest absolute Gasteiger partial charge is 0.349 e. The van der Waals surface area contributed by atoms with Gasteiger partial charge in [-0.05, 0) is 19.3 Å². The molecule has 1 aliphatic heterocycles. The molecule has 0 aromatic rings. The van der Waals surface area contributed by atoms with Gasteiger partial charge in [-0.15, -0.1) is 0 Å². The van der Waals surface area contributed by atoms with E-state index in [0.717, 1.165) is 6.42 Å². The van der Waals surface area contributed by atoms with Crippen LogP contribution >= 0.6 is 0 Å². The van der Waals surface area contributed by atoms with E-state index in [4.69, 9.17) is 5.73 Å². The molecule has 1 aliphatic rings. The number of rotatable bonds is 5. The molecule has 1 saturated heterocycles. The van der Waals surface area contributed by atoms with Crippen LogP contribution in [0.5, 0.6) is 0 Å². The Morgan fingerprint density at radius 3 is 2.61 bits per heavy atom. The highest BCUT2D eigenvalue weighted by Crippen LogP contribution is 2.20. The van der Waals surface area contributed by atoms with E-state index >= 15 is 0 Å². The Kier molecular flexibility index (Phi) is 4.73. The molecule has 0 saturated carbocycles. The normalized spacial score (nSPS) is 23.3. The van der Waals surface area contributed by atoms with Crippen LogP contribution in [-0.4, -0.2) is 42.4 Å². The fourth-order valence-electron chi connectivity index (χ4n) is 2.53. The van der Waals surface area contributed by atoms with Crippen LogP contribution in [0.15, 0.2) is 0 Å². The van der Waals surface area contributed by atoms with Gasteiger partial charge < -0.3 is 16.0 Å². The second-order valence-corrected chi connectivity index (χ2v) is 6.03. The predicted octanol–water partition coefficient (Wildman–Crippen LogP) is 0.344. The number of carbonyl (C=O) groups is 2. The monoisotopic (exact) mass is 255 g/mol. The summed E-state index contributed by atoms with van der Waals surface area (Å²) in [6.45, 7) is 7.09. The molecule has 1 fully saturated rings. The Morgan fingerprint density at radius 2 is 2.22 bits per heavy atom. The van der Waals surface area contributed by atoms with Crippen LogP contribution in [0, 0.1) is 11.8 Å². The summed E-state index contributed by atoms with van der Waals surface area (Å²) >= 11 is 0. The lowest BCUT2D eigenvalue weighted by atomic mass is 9.90. The number of carbonyl (C=O) groups excluding carboxylic acids is 2. The molecule has 5 nitrogen and oxygen atoms in total. The van der Waals surface area contributed by atoms with Gasteiger partial charge >= 0.3 is 0 Å². The van der Waals surface area contributed by atoms with Crippen molar-refractivity contribution < 1.29 is 9.59 Å². The van der Waals surface area contributed by atoms with Crippen LogP contribution in [-0.2, 0) is 9.59 Å². The molecule has 0 aromatic heterocycles. The van der Waals surface area contributed by atoms with Crippen molar-refractivity contribution in [2.45, 2.75) is 39.2 Å². The van der Waals surface area contributed by atoms with Crippen molar-refractivity contribution in [2.75, 3.05) is 20.1 Å². The van der Waals surface area contributed by atoms with Crippen LogP contribution in [0.4, 0.5) is 0 Å². The predicted molar refractivity (Wildman–Crippen MR) is 70.8 cm³/mol. The van der Waals surface area contributed by atoms with Gasteiger partial charge in [-0.1, -0.05) is 13.8 Å². The SMILES string of the molecule is CC(C)CC(C)(CN)NC(=O)C1CC(=O)N(C)C1. The van der Waals surface area contributed by atoms with Gasteiger partial charge in [0.05, 0.1) is 5.92 Å². The van der Waals surface area contributed by atoms with E-state index < -0.39 is 0 Å². The van der Waals surface area contributed by atoms with E-state index in [-0.39, 0.29) is 23.3 Å². The molecule has 2 unspecified atom stereocenters. The summed E-state index contributed by atoms with van der Waals surface area (Å²) in [6, 6.07) is 0. The Labute approximate surface area is 109 Å². The molecule has 2 amide bonds. The van der Waals surface area contributed by atoms with Gasteiger partial charge in [0.2, 0.25) is 11.8 Å². The van der Waals surface area contributed by atoms with E-state index in [1.165, 1.54) is 0 Å². The highest BCUT2D eigenvalue weighted by molar-refractivity contribution is 5.89. The van der Waals surface area contributed by atoms with Gasteiger partial charge in [-0.3, -0.25) is 9.59 Å².